The number of aryl methyl sites for hydroxylation is 1. The summed E-state index contributed by atoms with van der Waals surface area (Å²) in [5.41, 5.74) is 0.954. The summed E-state index contributed by atoms with van der Waals surface area (Å²) in [5, 5.41) is 2.07. The van der Waals surface area contributed by atoms with Crippen LogP contribution in [0, 0.1) is 12.3 Å². The first-order valence-corrected chi connectivity index (χ1v) is 9.69. The third-order valence-electron chi connectivity index (χ3n) is 3.79. The topological polar surface area (TPSA) is 55.8 Å². The molecule has 0 unspecified atom stereocenters. The van der Waals surface area contributed by atoms with Gasteiger partial charge in [-0.05, 0) is 65.5 Å². The van der Waals surface area contributed by atoms with Crippen molar-refractivity contribution in [2.75, 3.05) is 13.1 Å². The maximum Gasteiger partial charge on any atom is 0.410 e. The fraction of sp³-hybridized carbons (Fsp3) is 0.600. The quantitative estimate of drug-likeness (QED) is 0.702. The van der Waals surface area contributed by atoms with Crippen molar-refractivity contribution in [3.63, 3.8) is 0 Å². The summed E-state index contributed by atoms with van der Waals surface area (Å²) in [7, 11) is 0. The predicted molar refractivity (Wildman–Crippen MR) is 104 cm³/mol. The molecule has 0 radical (unpaired) electrons. The molecule has 0 aromatic carbocycles. The van der Waals surface area contributed by atoms with Crippen LogP contribution in [0.25, 0.3) is 5.57 Å². The zero-order chi connectivity index (χ0) is 19.7. The Hall–Kier alpha value is -1.82. The summed E-state index contributed by atoms with van der Waals surface area (Å²) in [6.07, 6.45) is 1.06. The molecule has 0 saturated heterocycles. The molecule has 1 aromatic heterocycles. The number of thiophene rings is 1. The molecule has 26 heavy (non-hydrogen) atoms. The third kappa shape index (κ3) is 5.34. The lowest BCUT2D eigenvalue weighted by Crippen LogP contribution is -2.46. The molecule has 1 amide bonds. The van der Waals surface area contributed by atoms with Gasteiger partial charge in [-0.1, -0.05) is 6.08 Å². The summed E-state index contributed by atoms with van der Waals surface area (Å²) in [6, 6.07) is 2.08. The van der Waals surface area contributed by atoms with E-state index >= 15 is 0 Å². The van der Waals surface area contributed by atoms with E-state index in [9.17, 15) is 9.59 Å². The maximum atomic E-state index is 12.4. The molecule has 2 rings (SSSR count). The molecule has 1 aliphatic heterocycles. The number of carbonyl (C=O) groups excluding carboxylic acids is 2. The Balaban J connectivity index is 2.25. The van der Waals surface area contributed by atoms with Gasteiger partial charge in [0.1, 0.15) is 11.7 Å². The van der Waals surface area contributed by atoms with Crippen LogP contribution < -0.4 is 0 Å². The largest absolute Gasteiger partial charge is 0.455 e. The minimum absolute atomic E-state index is 0.285. The third-order valence-corrected chi connectivity index (χ3v) is 4.89. The SMILES string of the molecule is Cc1csc(C2=CCN(C(=O)OC(C)(C)C)C[C@@H]2OC(=O)C(C)(C)C)c1. The maximum absolute atomic E-state index is 12.4. The molecular weight excluding hydrogens is 350 g/mol. The summed E-state index contributed by atoms with van der Waals surface area (Å²) >= 11 is 1.62. The Bertz CT molecular complexity index is 706. The minimum atomic E-state index is -0.606. The molecule has 6 heteroatoms. The number of ether oxygens (including phenoxy) is 2. The van der Waals surface area contributed by atoms with E-state index in [-0.39, 0.29) is 5.97 Å². The van der Waals surface area contributed by atoms with Crippen molar-refractivity contribution in [3.05, 3.63) is 28.0 Å². The fourth-order valence-electron chi connectivity index (χ4n) is 2.44. The van der Waals surface area contributed by atoms with Gasteiger partial charge in [0.25, 0.3) is 0 Å². The number of rotatable bonds is 2. The van der Waals surface area contributed by atoms with Crippen molar-refractivity contribution < 1.29 is 19.1 Å². The van der Waals surface area contributed by atoms with Crippen LogP contribution in [0.5, 0.6) is 0 Å². The predicted octanol–water partition coefficient (Wildman–Crippen LogP) is 4.65. The summed E-state index contributed by atoms with van der Waals surface area (Å²) in [5.74, 6) is -0.285. The van der Waals surface area contributed by atoms with E-state index in [1.54, 1.807) is 16.2 Å². The van der Waals surface area contributed by atoms with Crippen molar-refractivity contribution in [3.8, 4) is 0 Å². The van der Waals surface area contributed by atoms with Crippen molar-refractivity contribution >= 4 is 29.0 Å². The number of carbonyl (C=O) groups is 2. The van der Waals surface area contributed by atoms with Crippen molar-refractivity contribution in [1.29, 1.82) is 0 Å². The standard InChI is InChI=1S/C20H29NO4S/c1-13-10-16(26-12-13)14-8-9-21(18(23)25-20(5,6)7)11-15(14)24-17(22)19(2,3)4/h8,10,12,15H,9,11H2,1-7H3/t15-/m0/s1. The average Bonchev–Trinajstić information content (AvgIpc) is 2.90. The first-order chi connectivity index (χ1) is 11.9. The second kappa shape index (κ2) is 7.43. The van der Waals surface area contributed by atoms with Crippen LogP contribution >= 0.6 is 11.3 Å². The van der Waals surface area contributed by atoms with Crippen LogP contribution in [0.1, 0.15) is 52.0 Å². The first kappa shape index (κ1) is 20.5. The molecule has 0 N–H and O–H groups in total. The molecule has 5 nitrogen and oxygen atoms in total. The zero-order valence-electron chi connectivity index (χ0n) is 16.7. The van der Waals surface area contributed by atoms with Crippen LogP contribution in [0.3, 0.4) is 0 Å². The summed E-state index contributed by atoms with van der Waals surface area (Å²) in [4.78, 5) is 27.5. The van der Waals surface area contributed by atoms with Gasteiger partial charge in [0.2, 0.25) is 0 Å². The molecule has 144 valence electrons. The highest BCUT2D eigenvalue weighted by molar-refractivity contribution is 7.11. The van der Waals surface area contributed by atoms with E-state index in [0.29, 0.717) is 13.1 Å². The van der Waals surface area contributed by atoms with E-state index in [1.807, 2.05) is 54.5 Å². The molecular formula is C20H29NO4S. The van der Waals surface area contributed by atoms with Gasteiger partial charge in [-0.15, -0.1) is 11.3 Å². The Morgan fingerprint density at radius 3 is 2.35 bits per heavy atom. The zero-order valence-corrected chi connectivity index (χ0v) is 17.5. The Kier molecular flexibility index (Phi) is 5.85. The van der Waals surface area contributed by atoms with Crippen molar-refractivity contribution in [1.82, 2.24) is 4.90 Å². The number of hydrogen-bond donors (Lipinski definition) is 0. The average molecular weight is 380 g/mol. The Morgan fingerprint density at radius 2 is 1.85 bits per heavy atom. The minimum Gasteiger partial charge on any atom is -0.455 e. The van der Waals surface area contributed by atoms with E-state index < -0.39 is 23.2 Å². The van der Waals surface area contributed by atoms with Crippen LogP contribution in [-0.2, 0) is 14.3 Å². The lowest BCUT2D eigenvalue weighted by Gasteiger charge is -2.34. The number of hydrogen-bond acceptors (Lipinski definition) is 5. The normalized spacial score (nSPS) is 18.3. The van der Waals surface area contributed by atoms with Gasteiger partial charge in [-0.25, -0.2) is 4.79 Å². The highest BCUT2D eigenvalue weighted by Crippen LogP contribution is 2.32. The fourth-order valence-corrected chi connectivity index (χ4v) is 3.42. The van der Waals surface area contributed by atoms with Gasteiger partial charge < -0.3 is 14.4 Å². The van der Waals surface area contributed by atoms with E-state index in [2.05, 4.69) is 11.4 Å². The highest BCUT2D eigenvalue weighted by atomic mass is 32.1. The van der Waals surface area contributed by atoms with Crippen molar-refractivity contribution in [2.24, 2.45) is 5.41 Å². The van der Waals surface area contributed by atoms with Crippen LogP contribution in [0.15, 0.2) is 17.5 Å². The molecule has 2 heterocycles. The summed E-state index contributed by atoms with van der Waals surface area (Å²) in [6.45, 7) is 13.7. The highest BCUT2D eigenvalue weighted by Gasteiger charge is 2.34. The molecule has 0 bridgehead atoms. The smallest absolute Gasteiger partial charge is 0.410 e. The molecule has 1 aliphatic rings. The molecule has 0 aliphatic carbocycles. The molecule has 0 spiro atoms. The van der Waals surface area contributed by atoms with Gasteiger partial charge in [0, 0.05) is 17.0 Å². The van der Waals surface area contributed by atoms with Crippen LogP contribution in [0.4, 0.5) is 4.79 Å². The lowest BCUT2D eigenvalue weighted by molar-refractivity contribution is -0.156. The van der Waals surface area contributed by atoms with Crippen LogP contribution in [0.2, 0.25) is 0 Å². The number of nitrogens with zero attached hydrogens (tertiary/aromatic N) is 1. The van der Waals surface area contributed by atoms with Crippen molar-refractivity contribution in [2.45, 2.75) is 60.2 Å². The Morgan fingerprint density at radius 1 is 1.19 bits per heavy atom. The summed E-state index contributed by atoms with van der Waals surface area (Å²) < 4.78 is 11.3. The number of esters is 1. The van der Waals surface area contributed by atoms with E-state index in [0.717, 1.165) is 10.5 Å². The molecule has 0 fully saturated rings. The molecule has 1 aromatic rings. The lowest BCUT2D eigenvalue weighted by atomic mass is 9.96. The van der Waals surface area contributed by atoms with Gasteiger partial charge in [0.05, 0.1) is 12.0 Å². The second-order valence-electron chi connectivity index (χ2n) is 8.68. The molecule has 1 atom stereocenters. The van der Waals surface area contributed by atoms with Gasteiger partial charge in [-0.2, -0.15) is 0 Å². The van der Waals surface area contributed by atoms with Gasteiger partial charge >= 0.3 is 12.1 Å². The van der Waals surface area contributed by atoms with Gasteiger partial charge in [0.15, 0.2) is 0 Å². The van der Waals surface area contributed by atoms with E-state index in [1.165, 1.54) is 5.56 Å². The number of amides is 1. The molecule has 0 saturated carbocycles. The first-order valence-electron chi connectivity index (χ1n) is 8.81. The van der Waals surface area contributed by atoms with Crippen LogP contribution in [-0.4, -0.2) is 41.8 Å². The van der Waals surface area contributed by atoms with Gasteiger partial charge in [-0.3, -0.25) is 4.79 Å². The van der Waals surface area contributed by atoms with E-state index in [4.69, 9.17) is 9.47 Å². The second-order valence-corrected chi connectivity index (χ2v) is 9.59. The monoisotopic (exact) mass is 379 g/mol. The Labute approximate surface area is 160 Å².